The minimum atomic E-state index is -0.525. The Labute approximate surface area is 206 Å². The third kappa shape index (κ3) is 6.01. The first-order chi connectivity index (χ1) is 17.0. The second-order valence-electron chi connectivity index (χ2n) is 7.94. The van der Waals surface area contributed by atoms with Crippen LogP contribution in [0.3, 0.4) is 0 Å². The number of nitrogens with one attached hydrogen (secondary N) is 1. The van der Waals surface area contributed by atoms with Gasteiger partial charge in [0.2, 0.25) is 0 Å². The molecular formula is C25H26F2N6OS. The summed E-state index contributed by atoms with van der Waals surface area (Å²) in [5.41, 5.74) is 8.56. The van der Waals surface area contributed by atoms with Crippen molar-refractivity contribution in [1.82, 2.24) is 25.5 Å². The summed E-state index contributed by atoms with van der Waals surface area (Å²) in [7, 11) is 0. The molecule has 1 unspecified atom stereocenters. The number of nitrogen functional groups attached to an aromatic ring is 1. The summed E-state index contributed by atoms with van der Waals surface area (Å²) < 4.78 is 32.6. The number of rotatable bonds is 10. The van der Waals surface area contributed by atoms with Crippen LogP contribution < -0.4 is 11.1 Å². The molecule has 0 spiro atoms. The molecule has 0 fully saturated rings. The number of alkyl halides is 1. The van der Waals surface area contributed by atoms with E-state index in [-0.39, 0.29) is 35.4 Å². The lowest BCUT2D eigenvalue weighted by atomic mass is 10.1. The molecule has 182 valence electrons. The molecule has 4 rings (SSSR count). The van der Waals surface area contributed by atoms with Crippen molar-refractivity contribution >= 4 is 17.6 Å². The van der Waals surface area contributed by atoms with Crippen molar-refractivity contribution in [1.29, 1.82) is 0 Å². The Balaban J connectivity index is 1.56. The Bertz CT molecular complexity index is 1280. The zero-order valence-corrected chi connectivity index (χ0v) is 20.3. The second-order valence-corrected chi connectivity index (χ2v) is 9.45. The third-order valence-corrected chi connectivity index (χ3v) is 6.63. The van der Waals surface area contributed by atoms with Crippen LogP contribution in [0, 0.1) is 5.82 Å². The maximum Gasteiger partial charge on any atom is 0.270 e. The van der Waals surface area contributed by atoms with Gasteiger partial charge in [-0.1, -0.05) is 32.0 Å². The number of nitrogens with two attached hydrogens (primary N) is 1. The average molecular weight is 497 g/mol. The van der Waals surface area contributed by atoms with Gasteiger partial charge in [0.1, 0.15) is 12.5 Å². The van der Waals surface area contributed by atoms with E-state index in [0.29, 0.717) is 23.1 Å². The van der Waals surface area contributed by atoms with Gasteiger partial charge in [-0.3, -0.25) is 0 Å². The van der Waals surface area contributed by atoms with E-state index in [2.05, 4.69) is 39.3 Å². The fourth-order valence-corrected chi connectivity index (χ4v) is 4.21. The molecule has 2 aromatic carbocycles. The lowest BCUT2D eigenvalue weighted by Crippen LogP contribution is -2.16. The number of aromatic nitrogens is 4. The predicted molar refractivity (Wildman–Crippen MR) is 134 cm³/mol. The topological polar surface area (TPSA) is 103 Å². The summed E-state index contributed by atoms with van der Waals surface area (Å²) in [5.74, 6) is -0.353. The molecule has 0 saturated carbocycles. The smallest absolute Gasteiger partial charge is 0.270 e. The van der Waals surface area contributed by atoms with E-state index < -0.39 is 12.5 Å². The molecule has 2 heterocycles. The van der Waals surface area contributed by atoms with Gasteiger partial charge >= 0.3 is 0 Å². The summed E-state index contributed by atoms with van der Waals surface area (Å²) in [4.78, 5) is 10.00. The fraction of sp³-hybridized carbons (Fsp3) is 0.280. The van der Waals surface area contributed by atoms with Crippen LogP contribution in [0.25, 0.3) is 34.3 Å². The quantitative estimate of drug-likeness (QED) is 0.218. The van der Waals surface area contributed by atoms with Crippen LogP contribution in [0.15, 0.2) is 58.0 Å². The predicted octanol–water partition coefficient (Wildman–Crippen LogP) is 5.53. The zero-order valence-electron chi connectivity index (χ0n) is 19.5. The van der Waals surface area contributed by atoms with Gasteiger partial charge in [0.25, 0.3) is 11.8 Å². The minimum absolute atomic E-state index is 0.00112. The maximum atomic E-state index is 14.7. The highest BCUT2D eigenvalue weighted by Gasteiger charge is 2.19. The first kappa shape index (κ1) is 24.7. The largest absolute Gasteiger partial charge is 0.414 e. The van der Waals surface area contributed by atoms with Crippen LogP contribution in [0.4, 0.5) is 14.6 Å². The lowest BCUT2D eigenvalue weighted by Gasteiger charge is -2.09. The molecule has 0 aliphatic rings. The Morgan fingerprint density at radius 3 is 2.60 bits per heavy atom. The van der Waals surface area contributed by atoms with Gasteiger partial charge in [-0.05, 0) is 36.2 Å². The minimum Gasteiger partial charge on any atom is -0.414 e. The number of nitrogens with zero attached hydrogens (tertiary/aromatic N) is 4. The molecule has 2 aromatic heterocycles. The van der Waals surface area contributed by atoms with E-state index in [1.54, 1.807) is 18.3 Å². The molecule has 1 atom stereocenters. The summed E-state index contributed by atoms with van der Waals surface area (Å²) in [6.07, 6.45) is 2.68. The maximum absolute atomic E-state index is 14.7. The molecular weight excluding hydrogens is 470 g/mol. The molecule has 0 bridgehead atoms. The number of hydrogen-bond acceptors (Lipinski definition) is 8. The number of benzene rings is 2. The zero-order chi connectivity index (χ0) is 24.8. The van der Waals surface area contributed by atoms with Crippen molar-refractivity contribution < 1.29 is 13.2 Å². The first-order valence-corrected chi connectivity index (χ1v) is 12.2. The van der Waals surface area contributed by atoms with Gasteiger partial charge in [0.15, 0.2) is 11.5 Å². The fourth-order valence-electron chi connectivity index (χ4n) is 3.28. The summed E-state index contributed by atoms with van der Waals surface area (Å²) in [5, 5.41) is 11.4. The van der Waals surface area contributed by atoms with Crippen LogP contribution in [0.5, 0.6) is 0 Å². The van der Waals surface area contributed by atoms with Crippen molar-refractivity contribution in [2.24, 2.45) is 0 Å². The molecule has 7 nitrogen and oxygen atoms in total. The molecule has 3 N–H and O–H groups in total. The number of thioether (sulfide) groups is 1. The molecule has 0 saturated heterocycles. The van der Waals surface area contributed by atoms with Crippen LogP contribution in [-0.4, -0.2) is 38.6 Å². The van der Waals surface area contributed by atoms with Crippen molar-refractivity contribution in [2.75, 3.05) is 19.0 Å². The van der Waals surface area contributed by atoms with E-state index in [9.17, 15) is 8.78 Å². The molecule has 0 aliphatic heterocycles. The van der Waals surface area contributed by atoms with E-state index >= 15 is 0 Å². The van der Waals surface area contributed by atoms with Crippen molar-refractivity contribution in [2.45, 2.75) is 37.0 Å². The molecule has 35 heavy (non-hydrogen) atoms. The number of halogens is 2. The first-order valence-electron chi connectivity index (χ1n) is 11.3. The Hall–Kier alpha value is -3.37. The van der Waals surface area contributed by atoms with Crippen molar-refractivity contribution in [3.8, 4) is 34.3 Å². The summed E-state index contributed by atoms with van der Waals surface area (Å²) in [6.45, 7) is 4.44. The normalized spacial score (nSPS) is 12.1. The SMILES string of the molecule is CCC(C)Sc1ccc(-c2cnc(N)c(-c3nnc(-c4ccc(CNCCF)cc4F)o3)n2)cc1. The highest BCUT2D eigenvalue weighted by atomic mass is 32.2. The van der Waals surface area contributed by atoms with Crippen molar-refractivity contribution in [3.63, 3.8) is 0 Å². The van der Waals surface area contributed by atoms with Gasteiger partial charge in [-0.25, -0.2) is 18.7 Å². The monoisotopic (exact) mass is 496 g/mol. The van der Waals surface area contributed by atoms with Gasteiger partial charge in [-0.2, -0.15) is 0 Å². The Morgan fingerprint density at radius 2 is 1.89 bits per heavy atom. The van der Waals surface area contributed by atoms with Crippen LogP contribution in [0.1, 0.15) is 25.8 Å². The van der Waals surface area contributed by atoms with Crippen LogP contribution in [-0.2, 0) is 6.54 Å². The standard InChI is InChI=1S/C25H26F2N6OS/c1-3-15(2)35-18-7-5-17(6-8-18)21-14-30-23(28)22(31-21)25-33-32-24(34-25)19-9-4-16(12-20(19)27)13-29-11-10-26/h4-9,12,14-15,29H,3,10-11,13H2,1-2H3,(H2,28,30). The van der Waals surface area contributed by atoms with E-state index in [1.807, 2.05) is 36.0 Å². The van der Waals surface area contributed by atoms with Gasteiger partial charge in [0, 0.05) is 28.8 Å². The third-order valence-electron chi connectivity index (χ3n) is 5.35. The molecule has 0 amide bonds. The highest BCUT2D eigenvalue weighted by molar-refractivity contribution is 7.99. The lowest BCUT2D eigenvalue weighted by molar-refractivity contribution is 0.466. The molecule has 10 heteroatoms. The average Bonchev–Trinajstić information content (AvgIpc) is 3.35. The molecule has 4 aromatic rings. The highest BCUT2D eigenvalue weighted by Crippen LogP contribution is 2.31. The van der Waals surface area contributed by atoms with E-state index in [0.717, 1.165) is 12.0 Å². The number of hydrogen-bond donors (Lipinski definition) is 2. The summed E-state index contributed by atoms with van der Waals surface area (Å²) in [6, 6.07) is 12.7. The molecule has 0 radical (unpaired) electrons. The van der Waals surface area contributed by atoms with Gasteiger partial charge in [0.05, 0.1) is 17.5 Å². The van der Waals surface area contributed by atoms with Crippen LogP contribution in [0.2, 0.25) is 0 Å². The summed E-state index contributed by atoms with van der Waals surface area (Å²) >= 11 is 1.82. The van der Waals surface area contributed by atoms with E-state index in [1.165, 1.54) is 11.0 Å². The van der Waals surface area contributed by atoms with Gasteiger partial charge < -0.3 is 15.5 Å². The van der Waals surface area contributed by atoms with Crippen LogP contribution >= 0.6 is 11.8 Å². The van der Waals surface area contributed by atoms with Crippen molar-refractivity contribution in [3.05, 3.63) is 60.0 Å². The number of anilines is 1. The Kier molecular flexibility index (Phi) is 8.04. The second kappa shape index (κ2) is 11.4. The molecule has 0 aliphatic carbocycles. The van der Waals surface area contributed by atoms with Gasteiger partial charge in [-0.15, -0.1) is 22.0 Å². The Morgan fingerprint density at radius 1 is 1.11 bits per heavy atom. The van der Waals surface area contributed by atoms with E-state index in [4.69, 9.17) is 10.2 Å².